The van der Waals surface area contributed by atoms with Crippen LogP contribution in [0.1, 0.15) is 32.1 Å². The van der Waals surface area contributed by atoms with Gasteiger partial charge in [-0.05, 0) is 43.9 Å². The van der Waals surface area contributed by atoms with E-state index in [0.29, 0.717) is 38.2 Å². The number of carbonyl (C=O) groups excluding carboxylic acids is 1. The molecule has 0 spiro atoms. The van der Waals surface area contributed by atoms with Crippen molar-refractivity contribution in [3.05, 3.63) is 24.3 Å². The van der Waals surface area contributed by atoms with Gasteiger partial charge >= 0.3 is 0 Å². The molecule has 3 rings (SSSR count). The van der Waals surface area contributed by atoms with Gasteiger partial charge in [-0.25, -0.2) is 21.1 Å². The average molecular weight is 430 g/mol. The Labute approximate surface area is 167 Å². The second-order valence-electron chi connectivity index (χ2n) is 7.44. The average Bonchev–Trinajstić information content (AvgIpc) is 2.68. The molecular formula is C18H27N3O5S2. The number of carbonyl (C=O) groups is 1. The molecule has 156 valence electrons. The van der Waals surface area contributed by atoms with Crippen molar-refractivity contribution in [1.82, 2.24) is 8.61 Å². The largest absolute Gasteiger partial charge is 0.326 e. The summed E-state index contributed by atoms with van der Waals surface area (Å²) in [6.45, 7) is 1.60. The van der Waals surface area contributed by atoms with Crippen LogP contribution in [0.3, 0.4) is 0 Å². The van der Waals surface area contributed by atoms with E-state index in [1.165, 1.54) is 20.7 Å². The summed E-state index contributed by atoms with van der Waals surface area (Å²) in [6.07, 6.45) is 5.11. The molecule has 1 unspecified atom stereocenters. The van der Waals surface area contributed by atoms with Gasteiger partial charge in [0, 0.05) is 31.9 Å². The molecule has 28 heavy (non-hydrogen) atoms. The maximum absolute atomic E-state index is 12.8. The molecule has 10 heteroatoms. The Balaban J connectivity index is 1.71. The fourth-order valence-corrected chi connectivity index (χ4v) is 6.17. The van der Waals surface area contributed by atoms with Crippen molar-refractivity contribution in [2.24, 2.45) is 5.92 Å². The number of hydrogen-bond acceptors (Lipinski definition) is 5. The van der Waals surface area contributed by atoms with Crippen LogP contribution in [-0.2, 0) is 24.8 Å². The Morgan fingerprint density at radius 3 is 2.36 bits per heavy atom. The number of nitrogens with zero attached hydrogens (tertiary/aromatic N) is 2. The minimum atomic E-state index is -3.58. The number of sulfonamides is 2. The molecule has 2 aliphatic heterocycles. The van der Waals surface area contributed by atoms with Gasteiger partial charge in [-0.1, -0.05) is 12.5 Å². The Hall–Kier alpha value is -1.49. The van der Waals surface area contributed by atoms with E-state index in [1.807, 2.05) is 0 Å². The maximum Gasteiger partial charge on any atom is 0.243 e. The maximum atomic E-state index is 12.8. The molecule has 0 bridgehead atoms. The number of amides is 1. The molecule has 1 atom stereocenters. The van der Waals surface area contributed by atoms with Crippen LogP contribution in [0.15, 0.2) is 29.2 Å². The predicted molar refractivity (Wildman–Crippen MR) is 107 cm³/mol. The van der Waals surface area contributed by atoms with Gasteiger partial charge in [-0.3, -0.25) is 4.79 Å². The van der Waals surface area contributed by atoms with Crippen LogP contribution in [0.25, 0.3) is 0 Å². The van der Waals surface area contributed by atoms with Crippen molar-refractivity contribution in [3.8, 4) is 0 Å². The van der Waals surface area contributed by atoms with Crippen molar-refractivity contribution < 1.29 is 21.6 Å². The third kappa shape index (κ3) is 4.91. The van der Waals surface area contributed by atoms with Crippen molar-refractivity contribution in [1.29, 1.82) is 0 Å². The van der Waals surface area contributed by atoms with Crippen LogP contribution in [0.4, 0.5) is 5.69 Å². The normalized spacial score (nSPS) is 22.7. The van der Waals surface area contributed by atoms with Gasteiger partial charge in [0.2, 0.25) is 26.0 Å². The van der Waals surface area contributed by atoms with Crippen molar-refractivity contribution in [3.63, 3.8) is 0 Å². The highest BCUT2D eigenvalue weighted by atomic mass is 32.2. The zero-order valence-electron chi connectivity index (χ0n) is 16.0. The van der Waals surface area contributed by atoms with E-state index in [0.717, 1.165) is 25.5 Å². The minimum absolute atomic E-state index is 0.149. The fraction of sp³-hybridized carbons (Fsp3) is 0.611. The first kappa shape index (κ1) is 21.2. The first-order valence-electron chi connectivity index (χ1n) is 9.54. The molecule has 1 N–H and O–H groups in total. The Morgan fingerprint density at radius 1 is 1.00 bits per heavy atom. The van der Waals surface area contributed by atoms with Gasteiger partial charge in [0.1, 0.15) is 0 Å². The number of anilines is 1. The highest BCUT2D eigenvalue weighted by Crippen LogP contribution is 2.24. The van der Waals surface area contributed by atoms with Crippen molar-refractivity contribution in [2.75, 3.05) is 37.8 Å². The lowest BCUT2D eigenvalue weighted by Gasteiger charge is -2.30. The molecule has 8 nitrogen and oxygen atoms in total. The van der Waals surface area contributed by atoms with Gasteiger partial charge in [0.15, 0.2) is 0 Å². The number of hydrogen-bond donors (Lipinski definition) is 1. The molecule has 2 heterocycles. The van der Waals surface area contributed by atoms with Gasteiger partial charge in [-0.2, -0.15) is 4.31 Å². The summed E-state index contributed by atoms with van der Waals surface area (Å²) in [5, 5.41) is 2.76. The molecule has 0 radical (unpaired) electrons. The summed E-state index contributed by atoms with van der Waals surface area (Å²) in [6, 6.07) is 6.25. The number of rotatable bonds is 5. The summed E-state index contributed by atoms with van der Waals surface area (Å²) in [7, 11) is -6.91. The lowest BCUT2D eigenvalue weighted by molar-refractivity contribution is -0.120. The minimum Gasteiger partial charge on any atom is -0.326 e. The number of benzene rings is 1. The predicted octanol–water partition coefficient (Wildman–Crippen LogP) is 1.47. The van der Waals surface area contributed by atoms with Crippen molar-refractivity contribution in [2.45, 2.75) is 37.0 Å². The standard InChI is InChI=1S/C18H27N3O5S2/c1-27(23,24)21-12-6-7-15(14-21)18(22)19-16-8-5-9-17(13-16)28(25,26)20-10-3-2-4-11-20/h5,8-9,13,15H,2-4,6-7,10-12,14H2,1H3,(H,19,22). The lowest BCUT2D eigenvalue weighted by Crippen LogP contribution is -2.43. The zero-order chi connectivity index (χ0) is 20.4. The van der Waals surface area contributed by atoms with Crippen LogP contribution in [0.2, 0.25) is 0 Å². The van der Waals surface area contributed by atoms with Crippen LogP contribution >= 0.6 is 0 Å². The number of piperidine rings is 2. The second kappa shape index (κ2) is 8.48. The molecule has 2 saturated heterocycles. The quantitative estimate of drug-likeness (QED) is 0.763. The topological polar surface area (TPSA) is 104 Å². The van der Waals surface area contributed by atoms with Crippen LogP contribution in [0, 0.1) is 5.92 Å². The van der Waals surface area contributed by atoms with Gasteiger partial charge < -0.3 is 5.32 Å². The Bertz CT molecular complexity index is 924. The molecule has 2 aliphatic rings. The SMILES string of the molecule is CS(=O)(=O)N1CCCC(C(=O)Nc2cccc(S(=O)(=O)N3CCCCC3)c2)C1. The van der Waals surface area contributed by atoms with Gasteiger partial charge in [0.05, 0.1) is 17.1 Å². The molecular weight excluding hydrogens is 402 g/mol. The van der Waals surface area contributed by atoms with E-state index >= 15 is 0 Å². The highest BCUT2D eigenvalue weighted by molar-refractivity contribution is 7.89. The van der Waals surface area contributed by atoms with E-state index in [-0.39, 0.29) is 17.3 Å². The molecule has 1 aromatic rings. The van der Waals surface area contributed by atoms with E-state index in [4.69, 9.17) is 0 Å². The van der Waals surface area contributed by atoms with Crippen LogP contribution in [0.5, 0.6) is 0 Å². The number of nitrogens with one attached hydrogen (secondary N) is 1. The third-order valence-corrected chi connectivity index (χ3v) is 8.44. The Kier molecular flexibility index (Phi) is 6.43. The second-order valence-corrected chi connectivity index (χ2v) is 11.4. The van der Waals surface area contributed by atoms with Crippen molar-refractivity contribution >= 4 is 31.6 Å². The van der Waals surface area contributed by atoms with Crippen LogP contribution in [-0.4, -0.2) is 63.8 Å². The summed E-state index contributed by atoms with van der Waals surface area (Å²) in [5.74, 6) is -0.744. The van der Waals surface area contributed by atoms with Gasteiger partial charge in [0.25, 0.3) is 0 Å². The van der Waals surface area contributed by atoms with E-state index < -0.39 is 26.0 Å². The first-order valence-corrected chi connectivity index (χ1v) is 12.8. The van der Waals surface area contributed by atoms with E-state index in [9.17, 15) is 21.6 Å². The lowest BCUT2D eigenvalue weighted by atomic mass is 9.99. The molecule has 0 aliphatic carbocycles. The fourth-order valence-electron chi connectivity index (χ4n) is 3.69. The third-order valence-electron chi connectivity index (χ3n) is 5.28. The summed E-state index contributed by atoms with van der Waals surface area (Å²) >= 11 is 0. The molecule has 1 amide bonds. The van der Waals surface area contributed by atoms with Crippen LogP contribution < -0.4 is 5.32 Å². The summed E-state index contributed by atoms with van der Waals surface area (Å²) < 4.78 is 51.9. The van der Waals surface area contributed by atoms with E-state index in [2.05, 4.69) is 5.32 Å². The summed E-state index contributed by atoms with van der Waals surface area (Å²) in [4.78, 5) is 12.8. The first-order chi connectivity index (χ1) is 13.2. The van der Waals surface area contributed by atoms with Gasteiger partial charge in [-0.15, -0.1) is 0 Å². The molecule has 0 aromatic heterocycles. The zero-order valence-corrected chi connectivity index (χ0v) is 17.6. The molecule has 2 fully saturated rings. The summed E-state index contributed by atoms with van der Waals surface area (Å²) in [5.41, 5.74) is 0.402. The monoisotopic (exact) mass is 429 g/mol. The molecule has 1 aromatic carbocycles. The Morgan fingerprint density at radius 2 is 1.68 bits per heavy atom. The highest BCUT2D eigenvalue weighted by Gasteiger charge is 2.31. The molecule has 0 saturated carbocycles. The smallest absolute Gasteiger partial charge is 0.243 e. The van der Waals surface area contributed by atoms with E-state index in [1.54, 1.807) is 12.1 Å².